The second kappa shape index (κ2) is 15.7. The molecule has 0 heterocycles. The number of halogens is 2. The van der Waals surface area contributed by atoms with E-state index in [0.717, 1.165) is 5.56 Å². The Labute approximate surface area is 163 Å². The Balaban J connectivity index is 1.89. The van der Waals surface area contributed by atoms with Crippen LogP contribution in [0.5, 0.6) is 5.75 Å². The maximum absolute atomic E-state index is 13.6. The van der Waals surface area contributed by atoms with Crippen LogP contribution in [0, 0.1) is 12.7 Å². The van der Waals surface area contributed by atoms with Crippen molar-refractivity contribution in [2.75, 3.05) is 59.5 Å². The van der Waals surface area contributed by atoms with Gasteiger partial charge in [-0.1, -0.05) is 6.07 Å². The molecule has 154 valence electrons. The highest BCUT2D eigenvalue weighted by Crippen LogP contribution is 2.18. The van der Waals surface area contributed by atoms with Crippen LogP contribution < -0.4 is 4.74 Å². The topological polar surface area (TPSA) is 72.5 Å². The van der Waals surface area contributed by atoms with E-state index in [0.29, 0.717) is 52.9 Å². The van der Waals surface area contributed by atoms with Crippen LogP contribution >= 0.6 is 11.9 Å². The third kappa shape index (κ3) is 12.7. The van der Waals surface area contributed by atoms with Crippen LogP contribution in [0.2, 0.25) is 0 Å². The molecular formula is C18H26ClFO7. The lowest BCUT2D eigenvalue weighted by atomic mass is 10.2. The number of carbonyl (C=O) groups is 1. The molecule has 0 radical (unpaired) electrons. The Bertz CT molecular complexity index is 530. The monoisotopic (exact) mass is 408 g/mol. The largest absolute Gasteiger partial charge is 0.423 e. The summed E-state index contributed by atoms with van der Waals surface area (Å²) in [5.74, 6) is -1.19. The van der Waals surface area contributed by atoms with Gasteiger partial charge in [0.1, 0.15) is 0 Å². The lowest BCUT2D eigenvalue weighted by molar-refractivity contribution is -0.135. The number of ether oxygens (including phenoxy) is 5. The van der Waals surface area contributed by atoms with E-state index in [4.69, 9.17) is 35.6 Å². The molecule has 7 nitrogen and oxygen atoms in total. The molecule has 0 spiro atoms. The molecule has 0 aliphatic heterocycles. The van der Waals surface area contributed by atoms with Gasteiger partial charge >= 0.3 is 5.97 Å². The van der Waals surface area contributed by atoms with Crippen molar-refractivity contribution in [2.24, 2.45) is 0 Å². The molecule has 27 heavy (non-hydrogen) atoms. The first-order chi connectivity index (χ1) is 13.1. The molecule has 0 aliphatic rings. The highest BCUT2D eigenvalue weighted by Gasteiger charge is 2.09. The molecule has 0 N–H and O–H groups in total. The summed E-state index contributed by atoms with van der Waals surface area (Å²) in [6.07, 6.45) is 0.0329. The summed E-state index contributed by atoms with van der Waals surface area (Å²) in [4.78, 5) is 11.6. The summed E-state index contributed by atoms with van der Waals surface area (Å²) in [7, 11) is 0. The Hall–Kier alpha value is -1.29. The van der Waals surface area contributed by atoms with E-state index in [1.165, 1.54) is 12.1 Å². The van der Waals surface area contributed by atoms with Gasteiger partial charge in [0.05, 0.1) is 77.7 Å². The summed E-state index contributed by atoms with van der Waals surface area (Å²) in [5, 5.41) is 0. The highest BCUT2D eigenvalue weighted by molar-refractivity contribution is 6.07. The van der Waals surface area contributed by atoms with E-state index in [9.17, 15) is 9.18 Å². The molecule has 1 aromatic carbocycles. The average molecular weight is 409 g/mol. The van der Waals surface area contributed by atoms with Crippen LogP contribution in [0.1, 0.15) is 12.0 Å². The number of hydrogen-bond acceptors (Lipinski definition) is 7. The minimum absolute atomic E-state index is 0.0329. The third-order valence-corrected chi connectivity index (χ3v) is 3.34. The van der Waals surface area contributed by atoms with Crippen LogP contribution in [-0.2, 0) is 28.0 Å². The molecular weight excluding hydrogens is 383 g/mol. The molecule has 0 amide bonds. The minimum Gasteiger partial charge on any atom is -0.423 e. The Morgan fingerprint density at radius 3 is 1.93 bits per heavy atom. The molecule has 1 rings (SSSR count). The van der Waals surface area contributed by atoms with Gasteiger partial charge in [-0.15, -0.1) is 0 Å². The predicted octanol–water partition coefficient (Wildman–Crippen LogP) is 2.67. The van der Waals surface area contributed by atoms with Gasteiger partial charge in [-0.05, 0) is 24.6 Å². The van der Waals surface area contributed by atoms with Crippen molar-refractivity contribution in [1.82, 2.24) is 0 Å². The molecule has 0 aromatic heterocycles. The van der Waals surface area contributed by atoms with Crippen LogP contribution in [0.3, 0.4) is 0 Å². The highest BCUT2D eigenvalue weighted by atomic mass is 35.5. The standard InChI is InChI=1S/C18H26ClFO7/c1-15-2-3-17(16(20)14-15)27-18(21)4-5-22-6-7-23-8-9-24-10-11-25-12-13-26-19/h2-3,14H,4-13H2,1H3. The molecule has 0 saturated carbocycles. The van der Waals surface area contributed by atoms with Gasteiger partial charge in [0.25, 0.3) is 0 Å². The Morgan fingerprint density at radius 2 is 1.41 bits per heavy atom. The van der Waals surface area contributed by atoms with Gasteiger partial charge in [0.15, 0.2) is 11.6 Å². The summed E-state index contributed by atoms with van der Waals surface area (Å²) in [6.45, 7) is 5.23. The van der Waals surface area contributed by atoms with E-state index in [2.05, 4.69) is 4.29 Å². The van der Waals surface area contributed by atoms with Crippen molar-refractivity contribution < 1.29 is 37.2 Å². The summed E-state index contributed by atoms with van der Waals surface area (Å²) >= 11 is 5.03. The van der Waals surface area contributed by atoms with E-state index in [1.54, 1.807) is 13.0 Å². The summed E-state index contributed by atoms with van der Waals surface area (Å²) in [6, 6.07) is 4.41. The number of aryl methyl sites for hydroxylation is 1. The third-order valence-electron chi connectivity index (χ3n) is 3.18. The number of esters is 1. The van der Waals surface area contributed by atoms with Crippen molar-refractivity contribution in [3.8, 4) is 5.75 Å². The lowest BCUT2D eigenvalue weighted by Gasteiger charge is -2.08. The summed E-state index contributed by atoms with van der Waals surface area (Å²) in [5.41, 5.74) is 0.756. The van der Waals surface area contributed by atoms with Crippen LogP contribution in [0.25, 0.3) is 0 Å². The molecule has 0 saturated heterocycles. The van der Waals surface area contributed by atoms with E-state index >= 15 is 0 Å². The zero-order chi connectivity index (χ0) is 19.7. The Morgan fingerprint density at radius 1 is 0.889 bits per heavy atom. The van der Waals surface area contributed by atoms with Gasteiger partial charge in [0, 0.05) is 0 Å². The first-order valence-corrected chi connectivity index (χ1v) is 8.95. The quantitative estimate of drug-likeness (QED) is 0.236. The molecule has 0 atom stereocenters. The van der Waals surface area contributed by atoms with Crippen LogP contribution in [0.15, 0.2) is 18.2 Å². The van der Waals surface area contributed by atoms with Gasteiger partial charge in [-0.2, -0.15) is 0 Å². The molecule has 0 unspecified atom stereocenters. The van der Waals surface area contributed by atoms with Crippen LogP contribution in [0.4, 0.5) is 4.39 Å². The van der Waals surface area contributed by atoms with Crippen molar-refractivity contribution >= 4 is 17.8 Å². The first-order valence-electron chi connectivity index (χ1n) is 8.65. The van der Waals surface area contributed by atoms with E-state index in [-0.39, 0.29) is 18.8 Å². The number of carbonyl (C=O) groups excluding carboxylic acids is 1. The predicted molar refractivity (Wildman–Crippen MR) is 96.5 cm³/mol. The maximum atomic E-state index is 13.6. The van der Waals surface area contributed by atoms with Gasteiger partial charge in [0.2, 0.25) is 0 Å². The average Bonchev–Trinajstić information content (AvgIpc) is 2.64. The van der Waals surface area contributed by atoms with Crippen molar-refractivity contribution in [3.05, 3.63) is 29.6 Å². The van der Waals surface area contributed by atoms with Gasteiger partial charge in [-0.25, -0.2) is 4.39 Å². The second-order valence-electron chi connectivity index (χ2n) is 5.42. The fraction of sp³-hybridized carbons (Fsp3) is 0.611. The number of hydrogen-bond donors (Lipinski definition) is 0. The summed E-state index contributed by atoms with van der Waals surface area (Å²) < 4.78 is 43.9. The molecule has 0 aliphatic carbocycles. The molecule has 1 aromatic rings. The lowest BCUT2D eigenvalue weighted by Crippen LogP contribution is -2.15. The first kappa shape index (κ1) is 23.7. The smallest absolute Gasteiger partial charge is 0.313 e. The van der Waals surface area contributed by atoms with Crippen LogP contribution in [-0.4, -0.2) is 65.4 Å². The van der Waals surface area contributed by atoms with Gasteiger partial charge in [-0.3, -0.25) is 9.08 Å². The SMILES string of the molecule is Cc1ccc(OC(=O)CCOCCOCCOCCOCCOCl)c(F)c1. The normalized spacial score (nSPS) is 10.9. The fourth-order valence-corrected chi connectivity index (χ4v) is 1.93. The maximum Gasteiger partial charge on any atom is 0.313 e. The zero-order valence-electron chi connectivity index (χ0n) is 15.4. The van der Waals surface area contributed by atoms with E-state index < -0.39 is 11.8 Å². The number of benzene rings is 1. The van der Waals surface area contributed by atoms with E-state index in [1.807, 2.05) is 0 Å². The Kier molecular flexibility index (Phi) is 13.8. The minimum atomic E-state index is -0.560. The van der Waals surface area contributed by atoms with Crippen molar-refractivity contribution in [2.45, 2.75) is 13.3 Å². The second-order valence-corrected chi connectivity index (χ2v) is 5.64. The fourth-order valence-electron chi connectivity index (χ4n) is 1.87. The molecule has 0 fully saturated rings. The zero-order valence-corrected chi connectivity index (χ0v) is 16.2. The van der Waals surface area contributed by atoms with Gasteiger partial charge < -0.3 is 23.7 Å². The number of rotatable bonds is 16. The molecule has 0 bridgehead atoms. The van der Waals surface area contributed by atoms with Crippen molar-refractivity contribution in [3.63, 3.8) is 0 Å². The molecule has 9 heteroatoms. The van der Waals surface area contributed by atoms with Crippen molar-refractivity contribution in [1.29, 1.82) is 0 Å².